The molecule has 3 aromatic rings. The van der Waals surface area contributed by atoms with Crippen molar-refractivity contribution in [2.75, 3.05) is 26.0 Å². The van der Waals surface area contributed by atoms with Gasteiger partial charge in [0.25, 0.3) is 5.56 Å². The molecule has 2 aromatic heterocycles. The number of H-pyrrole nitrogens is 1. The Morgan fingerprint density at radius 1 is 1.42 bits per heavy atom. The Hall–Kier alpha value is -2.74. The van der Waals surface area contributed by atoms with Crippen molar-refractivity contribution in [3.63, 3.8) is 0 Å². The molecule has 0 fully saturated rings. The van der Waals surface area contributed by atoms with Gasteiger partial charge in [0.1, 0.15) is 11.2 Å². The molecule has 0 bridgehead atoms. The third-order valence-electron chi connectivity index (χ3n) is 3.92. The molecule has 0 saturated carbocycles. The Balaban J connectivity index is 1.85. The third-order valence-corrected chi connectivity index (χ3v) is 3.92. The van der Waals surface area contributed by atoms with Crippen LogP contribution >= 0.6 is 0 Å². The summed E-state index contributed by atoms with van der Waals surface area (Å²) in [6, 6.07) is 6.40. The van der Waals surface area contributed by atoms with Crippen LogP contribution in [0.1, 0.15) is 11.6 Å². The Labute approximate surface area is 138 Å². The van der Waals surface area contributed by atoms with Crippen LogP contribution < -0.4 is 10.9 Å². The minimum Gasteiger partial charge on any atom is -0.354 e. The minimum atomic E-state index is -0.276. The number of aryl methyl sites for hydroxylation is 1. The third kappa shape index (κ3) is 3.13. The zero-order chi connectivity index (χ0) is 17.3. The first kappa shape index (κ1) is 16.1. The van der Waals surface area contributed by atoms with E-state index in [-0.39, 0.29) is 17.4 Å². The quantitative estimate of drug-likeness (QED) is 0.741. The van der Waals surface area contributed by atoms with Crippen LogP contribution in [-0.2, 0) is 7.05 Å². The fraction of sp³-hybridized carbons (Fsp3) is 0.312. The van der Waals surface area contributed by atoms with E-state index < -0.39 is 0 Å². The SMILES string of the molecule is CN(C)[C@H](CNc1nc2c(cnn2C)c(=O)[nH]1)c1cccc(F)c1. The molecule has 0 radical (unpaired) electrons. The lowest BCUT2D eigenvalue weighted by atomic mass is 10.1. The topological polar surface area (TPSA) is 78.8 Å². The molecule has 7 nitrogen and oxygen atoms in total. The highest BCUT2D eigenvalue weighted by Gasteiger charge is 2.16. The lowest BCUT2D eigenvalue weighted by molar-refractivity contribution is 0.310. The second-order valence-corrected chi connectivity index (χ2v) is 5.84. The van der Waals surface area contributed by atoms with Crippen LogP contribution in [0.2, 0.25) is 0 Å². The van der Waals surface area contributed by atoms with Crippen LogP contribution in [0.25, 0.3) is 11.0 Å². The van der Waals surface area contributed by atoms with Crippen LogP contribution in [0.15, 0.2) is 35.3 Å². The van der Waals surface area contributed by atoms with Crippen molar-refractivity contribution < 1.29 is 4.39 Å². The lowest BCUT2D eigenvalue weighted by Crippen LogP contribution is -2.28. The molecule has 0 aliphatic carbocycles. The van der Waals surface area contributed by atoms with E-state index in [2.05, 4.69) is 20.4 Å². The summed E-state index contributed by atoms with van der Waals surface area (Å²) in [6.07, 6.45) is 1.49. The number of nitrogens with zero attached hydrogens (tertiary/aromatic N) is 4. The first-order valence-corrected chi connectivity index (χ1v) is 7.53. The summed E-state index contributed by atoms with van der Waals surface area (Å²) in [4.78, 5) is 21.1. The van der Waals surface area contributed by atoms with Crippen LogP contribution in [0, 0.1) is 5.82 Å². The van der Waals surface area contributed by atoms with Gasteiger partial charge in [-0.05, 0) is 31.8 Å². The lowest BCUT2D eigenvalue weighted by Gasteiger charge is -2.25. The van der Waals surface area contributed by atoms with Crippen LogP contribution in [0.5, 0.6) is 0 Å². The molecule has 0 amide bonds. The average Bonchev–Trinajstić information content (AvgIpc) is 2.89. The molecule has 24 heavy (non-hydrogen) atoms. The molecule has 2 heterocycles. The van der Waals surface area contributed by atoms with E-state index in [0.717, 1.165) is 5.56 Å². The highest BCUT2D eigenvalue weighted by Crippen LogP contribution is 2.19. The summed E-state index contributed by atoms with van der Waals surface area (Å²) in [5.74, 6) is 0.0848. The largest absolute Gasteiger partial charge is 0.354 e. The zero-order valence-electron chi connectivity index (χ0n) is 13.7. The number of anilines is 1. The maximum atomic E-state index is 13.5. The Bertz CT molecular complexity index is 916. The number of rotatable bonds is 5. The number of fused-ring (bicyclic) bond motifs is 1. The Morgan fingerprint density at radius 2 is 2.21 bits per heavy atom. The summed E-state index contributed by atoms with van der Waals surface area (Å²) in [5, 5.41) is 7.60. The van der Waals surface area contributed by atoms with E-state index >= 15 is 0 Å². The van der Waals surface area contributed by atoms with Crippen LogP contribution in [-0.4, -0.2) is 45.3 Å². The first-order valence-electron chi connectivity index (χ1n) is 7.53. The summed E-state index contributed by atoms with van der Waals surface area (Å²) in [7, 11) is 5.56. The molecule has 0 saturated heterocycles. The molecular weight excluding hydrogens is 311 g/mol. The Morgan fingerprint density at radius 3 is 2.92 bits per heavy atom. The number of hydrogen-bond acceptors (Lipinski definition) is 5. The molecule has 1 aromatic carbocycles. The van der Waals surface area contributed by atoms with E-state index in [0.29, 0.717) is 23.5 Å². The number of hydrogen-bond donors (Lipinski definition) is 2. The maximum Gasteiger partial charge on any atom is 0.263 e. The minimum absolute atomic E-state index is 0.0757. The summed E-state index contributed by atoms with van der Waals surface area (Å²) < 4.78 is 15.0. The van der Waals surface area contributed by atoms with Gasteiger partial charge in [-0.25, -0.2) is 4.39 Å². The average molecular weight is 330 g/mol. The molecule has 2 N–H and O–H groups in total. The van der Waals surface area contributed by atoms with Crippen molar-refractivity contribution in [1.82, 2.24) is 24.6 Å². The van der Waals surface area contributed by atoms with Gasteiger partial charge in [0, 0.05) is 13.6 Å². The van der Waals surface area contributed by atoms with E-state index in [1.807, 2.05) is 25.1 Å². The molecule has 0 unspecified atom stereocenters. The van der Waals surface area contributed by atoms with Gasteiger partial charge in [0.2, 0.25) is 5.95 Å². The predicted octanol–water partition coefficient (Wildman–Crippen LogP) is 1.51. The smallest absolute Gasteiger partial charge is 0.263 e. The molecule has 0 aliphatic heterocycles. The fourth-order valence-electron chi connectivity index (χ4n) is 2.62. The van der Waals surface area contributed by atoms with Crippen LogP contribution in [0.3, 0.4) is 0 Å². The van der Waals surface area contributed by atoms with Gasteiger partial charge in [-0.2, -0.15) is 10.1 Å². The number of aromatic amines is 1. The van der Waals surface area contributed by atoms with Gasteiger partial charge in [0.15, 0.2) is 5.65 Å². The molecule has 126 valence electrons. The normalized spacial score (nSPS) is 12.7. The summed E-state index contributed by atoms with van der Waals surface area (Å²) in [5.41, 5.74) is 1.10. The van der Waals surface area contributed by atoms with Gasteiger partial charge >= 0.3 is 0 Å². The highest BCUT2D eigenvalue weighted by molar-refractivity contribution is 5.74. The van der Waals surface area contributed by atoms with Gasteiger partial charge in [-0.1, -0.05) is 12.1 Å². The monoisotopic (exact) mass is 330 g/mol. The molecule has 0 aliphatic rings. The van der Waals surface area contributed by atoms with Gasteiger partial charge in [-0.3, -0.25) is 14.5 Å². The maximum absolute atomic E-state index is 13.5. The van der Waals surface area contributed by atoms with Crippen molar-refractivity contribution in [2.24, 2.45) is 7.05 Å². The summed E-state index contributed by atoms with van der Waals surface area (Å²) >= 11 is 0. The fourth-order valence-corrected chi connectivity index (χ4v) is 2.62. The zero-order valence-corrected chi connectivity index (χ0v) is 13.7. The predicted molar refractivity (Wildman–Crippen MR) is 90.4 cm³/mol. The second-order valence-electron chi connectivity index (χ2n) is 5.84. The first-order chi connectivity index (χ1) is 11.5. The van der Waals surface area contributed by atoms with E-state index in [1.54, 1.807) is 17.8 Å². The highest BCUT2D eigenvalue weighted by atomic mass is 19.1. The summed E-state index contributed by atoms with van der Waals surface area (Å²) in [6.45, 7) is 0.461. The molecular formula is C16H19FN6O. The van der Waals surface area contributed by atoms with Gasteiger partial charge < -0.3 is 10.2 Å². The molecule has 3 rings (SSSR count). The van der Waals surface area contributed by atoms with Gasteiger partial charge in [0.05, 0.1) is 12.2 Å². The van der Waals surface area contributed by atoms with Crippen molar-refractivity contribution in [3.8, 4) is 0 Å². The number of nitrogens with one attached hydrogen (secondary N) is 2. The number of likely N-dealkylation sites (N-methyl/N-ethyl adjacent to an activating group) is 1. The van der Waals surface area contributed by atoms with E-state index in [4.69, 9.17) is 0 Å². The Kier molecular flexibility index (Phi) is 4.30. The number of benzene rings is 1. The molecule has 0 spiro atoms. The van der Waals surface area contributed by atoms with Crippen molar-refractivity contribution in [2.45, 2.75) is 6.04 Å². The number of halogens is 1. The van der Waals surface area contributed by atoms with Crippen molar-refractivity contribution in [3.05, 3.63) is 52.2 Å². The second kappa shape index (κ2) is 6.40. The van der Waals surface area contributed by atoms with E-state index in [1.165, 1.54) is 18.3 Å². The van der Waals surface area contributed by atoms with Gasteiger partial charge in [-0.15, -0.1) is 0 Å². The number of aromatic nitrogens is 4. The van der Waals surface area contributed by atoms with E-state index in [9.17, 15) is 9.18 Å². The van der Waals surface area contributed by atoms with Crippen molar-refractivity contribution in [1.29, 1.82) is 0 Å². The standard InChI is InChI=1S/C16H19FN6O/c1-22(2)13(10-5-4-6-11(17)7-10)9-18-16-20-14-12(15(24)21-16)8-19-23(14)3/h4-8,13H,9H2,1-3H3,(H2,18,20,21,24)/t13-/m1/s1. The van der Waals surface area contributed by atoms with Crippen molar-refractivity contribution >= 4 is 17.0 Å². The molecule has 8 heteroatoms. The van der Waals surface area contributed by atoms with Crippen LogP contribution in [0.4, 0.5) is 10.3 Å². The molecule has 1 atom stereocenters.